The molecule has 0 aromatic heterocycles. The zero-order chi connectivity index (χ0) is 15.1. The summed E-state index contributed by atoms with van der Waals surface area (Å²) in [6.45, 7) is 4.76. The van der Waals surface area contributed by atoms with Gasteiger partial charge in [-0.25, -0.2) is 0 Å². The van der Waals surface area contributed by atoms with Gasteiger partial charge in [-0.2, -0.15) is 0 Å². The molecule has 0 unspecified atom stereocenters. The topological polar surface area (TPSA) is 59.0 Å². The van der Waals surface area contributed by atoms with Crippen LogP contribution in [0.2, 0.25) is 0 Å². The maximum Gasteiger partial charge on any atom is 0.320 e. The minimum absolute atomic E-state index is 0.349. The Kier molecular flexibility index (Phi) is 5.87. The zero-order valence-corrected chi connectivity index (χ0v) is 12.5. The average Bonchev–Trinajstić information content (AvgIpc) is 2.95. The molecule has 0 bridgehead atoms. The summed E-state index contributed by atoms with van der Waals surface area (Å²) in [4.78, 5) is 13.0. The first kappa shape index (κ1) is 15.6. The van der Waals surface area contributed by atoms with Crippen molar-refractivity contribution in [3.05, 3.63) is 24.3 Å². The van der Waals surface area contributed by atoms with Gasteiger partial charge in [0.05, 0.1) is 6.61 Å². The molecule has 1 heterocycles. The van der Waals surface area contributed by atoms with Crippen molar-refractivity contribution in [2.45, 2.75) is 32.2 Å². The number of carboxylic acids is 1. The van der Waals surface area contributed by atoms with Gasteiger partial charge in [0.25, 0.3) is 0 Å². The molecule has 21 heavy (non-hydrogen) atoms. The van der Waals surface area contributed by atoms with E-state index in [-0.39, 0.29) is 6.04 Å². The Balaban J connectivity index is 1.74. The van der Waals surface area contributed by atoms with Crippen molar-refractivity contribution in [3.8, 4) is 11.5 Å². The second-order valence-corrected chi connectivity index (χ2v) is 5.20. The minimum Gasteiger partial charge on any atom is -0.494 e. The number of ether oxygens (including phenoxy) is 2. The number of nitrogens with zero attached hydrogens (tertiary/aromatic N) is 1. The molecular formula is C16H23NO4. The number of hydrogen-bond acceptors (Lipinski definition) is 4. The largest absolute Gasteiger partial charge is 0.494 e. The second-order valence-electron chi connectivity index (χ2n) is 5.20. The van der Waals surface area contributed by atoms with Gasteiger partial charge in [0.15, 0.2) is 0 Å². The molecule has 0 spiro atoms. The summed E-state index contributed by atoms with van der Waals surface area (Å²) in [6.07, 6.45) is 2.66. The van der Waals surface area contributed by atoms with E-state index < -0.39 is 5.97 Å². The van der Waals surface area contributed by atoms with Gasteiger partial charge in [-0.1, -0.05) is 6.92 Å². The third-order valence-electron chi connectivity index (χ3n) is 3.59. The number of benzene rings is 1. The summed E-state index contributed by atoms with van der Waals surface area (Å²) < 4.78 is 11.2. The van der Waals surface area contributed by atoms with Gasteiger partial charge in [0.1, 0.15) is 24.1 Å². The molecule has 2 rings (SSSR count). The van der Waals surface area contributed by atoms with E-state index in [1.165, 1.54) is 0 Å². The van der Waals surface area contributed by atoms with E-state index in [4.69, 9.17) is 14.6 Å². The van der Waals surface area contributed by atoms with Gasteiger partial charge in [-0.15, -0.1) is 0 Å². The van der Waals surface area contributed by atoms with E-state index in [1.807, 2.05) is 29.2 Å². The molecule has 5 nitrogen and oxygen atoms in total. The van der Waals surface area contributed by atoms with Gasteiger partial charge < -0.3 is 14.6 Å². The molecule has 0 amide bonds. The van der Waals surface area contributed by atoms with Gasteiger partial charge in [0, 0.05) is 6.54 Å². The fraction of sp³-hybridized carbons (Fsp3) is 0.562. The van der Waals surface area contributed by atoms with Crippen LogP contribution in [0, 0.1) is 0 Å². The standard InChI is InChI=1S/C16H23NO4/c1-2-11-20-13-5-7-14(8-6-13)21-12-10-17-9-3-4-15(17)16(18)19/h5-8,15H,2-4,9-12H2,1H3,(H,18,19)/t15-/m0/s1. The number of carboxylic acid groups (broad SMARTS) is 1. The Morgan fingerprint density at radius 1 is 1.24 bits per heavy atom. The van der Waals surface area contributed by atoms with Crippen LogP contribution in [0.5, 0.6) is 11.5 Å². The maximum absolute atomic E-state index is 11.1. The van der Waals surface area contributed by atoms with E-state index in [0.717, 1.165) is 37.3 Å². The summed E-state index contributed by atoms with van der Waals surface area (Å²) in [6, 6.07) is 7.19. The molecule has 116 valence electrons. The molecule has 1 aromatic carbocycles. The highest BCUT2D eigenvalue weighted by atomic mass is 16.5. The molecule has 1 aliphatic rings. The van der Waals surface area contributed by atoms with E-state index in [9.17, 15) is 4.79 Å². The van der Waals surface area contributed by atoms with E-state index in [1.54, 1.807) is 0 Å². The van der Waals surface area contributed by atoms with E-state index >= 15 is 0 Å². The summed E-state index contributed by atoms with van der Waals surface area (Å²) >= 11 is 0. The smallest absolute Gasteiger partial charge is 0.320 e. The van der Waals surface area contributed by atoms with Crippen molar-refractivity contribution in [2.24, 2.45) is 0 Å². The Hall–Kier alpha value is -1.75. The van der Waals surface area contributed by atoms with Crippen LogP contribution in [0.3, 0.4) is 0 Å². The molecule has 0 aliphatic carbocycles. The Morgan fingerprint density at radius 3 is 2.43 bits per heavy atom. The third kappa shape index (κ3) is 4.63. The van der Waals surface area contributed by atoms with Crippen molar-refractivity contribution in [3.63, 3.8) is 0 Å². The van der Waals surface area contributed by atoms with Crippen LogP contribution in [0.25, 0.3) is 0 Å². The van der Waals surface area contributed by atoms with Gasteiger partial charge in [-0.05, 0) is 50.1 Å². The molecule has 1 atom stereocenters. The number of aliphatic carboxylic acids is 1. The quantitative estimate of drug-likeness (QED) is 0.797. The molecule has 1 saturated heterocycles. The van der Waals surface area contributed by atoms with Gasteiger partial charge in [-0.3, -0.25) is 9.69 Å². The van der Waals surface area contributed by atoms with Crippen LogP contribution in [0.4, 0.5) is 0 Å². The highest BCUT2D eigenvalue weighted by Gasteiger charge is 2.29. The highest BCUT2D eigenvalue weighted by Crippen LogP contribution is 2.19. The molecular weight excluding hydrogens is 270 g/mol. The lowest BCUT2D eigenvalue weighted by molar-refractivity contribution is -0.142. The number of rotatable bonds is 8. The maximum atomic E-state index is 11.1. The number of hydrogen-bond donors (Lipinski definition) is 1. The fourth-order valence-corrected chi connectivity index (χ4v) is 2.51. The number of carbonyl (C=O) groups is 1. The molecule has 0 radical (unpaired) electrons. The fourth-order valence-electron chi connectivity index (χ4n) is 2.51. The van der Waals surface area contributed by atoms with Crippen molar-refractivity contribution >= 4 is 5.97 Å². The van der Waals surface area contributed by atoms with Crippen LogP contribution >= 0.6 is 0 Å². The lowest BCUT2D eigenvalue weighted by atomic mass is 10.2. The molecule has 1 aliphatic heterocycles. The summed E-state index contributed by atoms with van der Waals surface area (Å²) in [5.41, 5.74) is 0. The van der Waals surface area contributed by atoms with Crippen LogP contribution < -0.4 is 9.47 Å². The lowest BCUT2D eigenvalue weighted by Gasteiger charge is -2.20. The van der Waals surface area contributed by atoms with Gasteiger partial charge in [0.2, 0.25) is 0 Å². The Bertz CT molecular complexity index is 446. The van der Waals surface area contributed by atoms with Crippen molar-refractivity contribution in [1.82, 2.24) is 4.90 Å². The molecule has 1 N–H and O–H groups in total. The normalized spacial score (nSPS) is 18.6. The van der Waals surface area contributed by atoms with Crippen molar-refractivity contribution in [2.75, 3.05) is 26.3 Å². The molecule has 1 fully saturated rings. The predicted molar refractivity (Wildman–Crippen MR) is 80.0 cm³/mol. The van der Waals surface area contributed by atoms with Gasteiger partial charge >= 0.3 is 5.97 Å². The average molecular weight is 293 g/mol. The first-order valence-corrected chi connectivity index (χ1v) is 7.53. The zero-order valence-electron chi connectivity index (χ0n) is 12.5. The van der Waals surface area contributed by atoms with Crippen LogP contribution in [-0.4, -0.2) is 48.3 Å². The van der Waals surface area contributed by atoms with Crippen LogP contribution in [0.15, 0.2) is 24.3 Å². The van der Waals surface area contributed by atoms with Crippen LogP contribution in [-0.2, 0) is 4.79 Å². The summed E-state index contributed by atoms with van der Waals surface area (Å²) in [5.74, 6) is 0.893. The summed E-state index contributed by atoms with van der Waals surface area (Å²) in [5, 5.41) is 9.11. The minimum atomic E-state index is -0.732. The molecule has 0 saturated carbocycles. The third-order valence-corrected chi connectivity index (χ3v) is 3.59. The van der Waals surface area contributed by atoms with E-state index in [0.29, 0.717) is 19.8 Å². The highest BCUT2D eigenvalue weighted by molar-refractivity contribution is 5.73. The Labute approximate surface area is 125 Å². The number of likely N-dealkylation sites (tertiary alicyclic amines) is 1. The first-order valence-electron chi connectivity index (χ1n) is 7.53. The predicted octanol–water partition coefficient (Wildman–Crippen LogP) is 2.40. The van der Waals surface area contributed by atoms with Crippen molar-refractivity contribution < 1.29 is 19.4 Å². The van der Waals surface area contributed by atoms with Crippen molar-refractivity contribution in [1.29, 1.82) is 0 Å². The molecule has 5 heteroatoms. The SMILES string of the molecule is CCCOc1ccc(OCCN2CCC[C@H]2C(=O)O)cc1. The Morgan fingerprint density at radius 2 is 1.86 bits per heavy atom. The van der Waals surface area contributed by atoms with E-state index in [2.05, 4.69) is 6.92 Å². The molecule has 1 aromatic rings. The summed E-state index contributed by atoms with van der Waals surface area (Å²) in [7, 11) is 0. The van der Waals surface area contributed by atoms with Crippen LogP contribution in [0.1, 0.15) is 26.2 Å². The second kappa shape index (κ2) is 7.88. The monoisotopic (exact) mass is 293 g/mol. The lowest BCUT2D eigenvalue weighted by Crippen LogP contribution is -2.38. The first-order chi connectivity index (χ1) is 10.2.